The molecule has 0 heterocycles. The normalized spacial score (nSPS) is 11.9. The minimum Gasteiger partial charge on any atom is -0.345 e. The topological polar surface area (TPSA) is 29.1 Å². The van der Waals surface area contributed by atoms with Crippen LogP contribution >= 0.6 is 0 Å². The van der Waals surface area contributed by atoms with E-state index >= 15 is 0 Å². The van der Waals surface area contributed by atoms with Crippen LogP contribution in [0.15, 0.2) is 54.6 Å². The SMILES string of the molecule is CC(NC(=O)c1ccccc1)c1ccccc1F. The summed E-state index contributed by atoms with van der Waals surface area (Å²) in [7, 11) is 0. The lowest BCUT2D eigenvalue weighted by atomic mass is 10.1. The molecule has 2 aromatic rings. The van der Waals surface area contributed by atoms with Crippen molar-refractivity contribution in [3.63, 3.8) is 0 Å². The van der Waals surface area contributed by atoms with Crippen LogP contribution in [-0.4, -0.2) is 5.91 Å². The highest BCUT2D eigenvalue weighted by molar-refractivity contribution is 5.94. The highest BCUT2D eigenvalue weighted by atomic mass is 19.1. The zero-order valence-corrected chi connectivity index (χ0v) is 10.1. The van der Waals surface area contributed by atoms with Crippen molar-refractivity contribution in [3.05, 3.63) is 71.5 Å². The van der Waals surface area contributed by atoms with Gasteiger partial charge in [0.25, 0.3) is 5.91 Å². The molecule has 2 rings (SSSR count). The van der Waals surface area contributed by atoms with Crippen molar-refractivity contribution >= 4 is 5.91 Å². The van der Waals surface area contributed by atoms with Crippen LogP contribution in [0.2, 0.25) is 0 Å². The quantitative estimate of drug-likeness (QED) is 0.880. The second-order valence-electron chi connectivity index (χ2n) is 4.08. The van der Waals surface area contributed by atoms with Gasteiger partial charge in [0.15, 0.2) is 0 Å². The van der Waals surface area contributed by atoms with Gasteiger partial charge in [-0.3, -0.25) is 4.79 Å². The molecule has 0 bridgehead atoms. The van der Waals surface area contributed by atoms with Crippen LogP contribution in [0.3, 0.4) is 0 Å². The molecular formula is C15H14FNO. The number of halogens is 1. The summed E-state index contributed by atoms with van der Waals surface area (Å²) in [5.41, 5.74) is 1.06. The smallest absolute Gasteiger partial charge is 0.251 e. The first kappa shape index (κ1) is 12.3. The van der Waals surface area contributed by atoms with Crippen LogP contribution in [0.1, 0.15) is 28.9 Å². The van der Waals surface area contributed by atoms with Gasteiger partial charge in [0.1, 0.15) is 5.82 Å². The maximum Gasteiger partial charge on any atom is 0.251 e. The molecule has 92 valence electrons. The molecule has 0 aromatic heterocycles. The first-order valence-corrected chi connectivity index (χ1v) is 5.79. The summed E-state index contributed by atoms with van der Waals surface area (Å²) in [4.78, 5) is 11.9. The highest BCUT2D eigenvalue weighted by Gasteiger charge is 2.13. The summed E-state index contributed by atoms with van der Waals surface area (Å²) in [5.74, 6) is -0.510. The minimum atomic E-state index is -0.362. The summed E-state index contributed by atoms with van der Waals surface area (Å²) in [5, 5.41) is 2.77. The van der Waals surface area contributed by atoms with Crippen LogP contribution in [0.25, 0.3) is 0 Å². The summed E-state index contributed by atoms with van der Waals surface area (Å²) >= 11 is 0. The van der Waals surface area contributed by atoms with Crippen molar-refractivity contribution in [2.45, 2.75) is 13.0 Å². The molecule has 1 N–H and O–H groups in total. The largest absolute Gasteiger partial charge is 0.345 e. The van der Waals surface area contributed by atoms with E-state index in [-0.39, 0.29) is 17.8 Å². The molecule has 18 heavy (non-hydrogen) atoms. The third-order valence-electron chi connectivity index (χ3n) is 2.76. The van der Waals surface area contributed by atoms with Gasteiger partial charge < -0.3 is 5.32 Å². The molecule has 3 heteroatoms. The number of carbonyl (C=O) groups is 1. The van der Waals surface area contributed by atoms with E-state index in [4.69, 9.17) is 0 Å². The monoisotopic (exact) mass is 243 g/mol. The first-order chi connectivity index (χ1) is 8.68. The zero-order valence-electron chi connectivity index (χ0n) is 10.1. The van der Waals surface area contributed by atoms with E-state index in [9.17, 15) is 9.18 Å². The third-order valence-corrected chi connectivity index (χ3v) is 2.76. The van der Waals surface area contributed by atoms with E-state index in [1.807, 2.05) is 6.07 Å². The van der Waals surface area contributed by atoms with Crippen molar-refractivity contribution in [1.29, 1.82) is 0 Å². The average molecular weight is 243 g/mol. The van der Waals surface area contributed by atoms with E-state index in [0.717, 1.165) is 0 Å². The molecule has 2 nitrogen and oxygen atoms in total. The Morgan fingerprint density at radius 3 is 2.33 bits per heavy atom. The molecule has 0 aliphatic rings. The maximum atomic E-state index is 13.5. The molecule has 0 aliphatic heterocycles. The van der Waals surface area contributed by atoms with Gasteiger partial charge in [0.2, 0.25) is 0 Å². The lowest BCUT2D eigenvalue weighted by Crippen LogP contribution is -2.27. The molecule has 0 saturated carbocycles. The average Bonchev–Trinajstić information content (AvgIpc) is 2.40. The second kappa shape index (κ2) is 5.45. The summed E-state index contributed by atoms with van der Waals surface area (Å²) in [6.07, 6.45) is 0. The molecule has 0 radical (unpaired) electrons. The number of hydrogen-bond donors (Lipinski definition) is 1. The van der Waals surface area contributed by atoms with Gasteiger partial charge in [-0.2, -0.15) is 0 Å². The van der Waals surface area contributed by atoms with E-state index in [1.54, 1.807) is 49.4 Å². The van der Waals surface area contributed by atoms with Gasteiger partial charge in [-0.05, 0) is 25.1 Å². The van der Waals surface area contributed by atoms with Crippen molar-refractivity contribution in [2.24, 2.45) is 0 Å². The van der Waals surface area contributed by atoms with E-state index in [2.05, 4.69) is 5.32 Å². The van der Waals surface area contributed by atoms with Crippen molar-refractivity contribution in [1.82, 2.24) is 5.32 Å². The van der Waals surface area contributed by atoms with Crippen LogP contribution in [0.4, 0.5) is 4.39 Å². The number of nitrogens with one attached hydrogen (secondary N) is 1. The van der Waals surface area contributed by atoms with Gasteiger partial charge in [0, 0.05) is 11.1 Å². The molecule has 0 spiro atoms. The number of amides is 1. The lowest BCUT2D eigenvalue weighted by Gasteiger charge is -2.15. The Morgan fingerprint density at radius 1 is 1.06 bits per heavy atom. The number of rotatable bonds is 3. The number of benzene rings is 2. The standard InChI is InChI=1S/C15H14FNO/c1-11(13-9-5-6-10-14(13)16)17-15(18)12-7-3-2-4-8-12/h2-11H,1H3,(H,17,18). The fraction of sp³-hybridized carbons (Fsp3) is 0.133. The summed E-state index contributed by atoms with van der Waals surface area (Å²) < 4.78 is 13.5. The molecular weight excluding hydrogens is 229 g/mol. The summed E-state index contributed by atoms with van der Waals surface area (Å²) in [6, 6.07) is 15.0. The molecule has 1 atom stereocenters. The maximum absolute atomic E-state index is 13.5. The second-order valence-corrected chi connectivity index (χ2v) is 4.08. The Bertz CT molecular complexity index is 539. The van der Waals surface area contributed by atoms with Gasteiger partial charge in [-0.15, -0.1) is 0 Å². The number of carbonyl (C=O) groups excluding carboxylic acids is 1. The fourth-order valence-electron chi connectivity index (χ4n) is 1.77. The van der Waals surface area contributed by atoms with Crippen LogP contribution in [0.5, 0.6) is 0 Å². The fourth-order valence-corrected chi connectivity index (χ4v) is 1.77. The first-order valence-electron chi connectivity index (χ1n) is 5.79. The van der Waals surface area contributed by atoms with Gasteiger partial charge in [-0.25, -0.2) is 4.39 Å². The predicted molar refractivity (Wildman–Crippen MR) is 68.7 cm³/mol. The van der Waals surface area contributed by atoms with Crippen LogP contribution in [0, 0.1) is 5.82 Å². The summed E-state index contributed by atoms with van der Waals surface area (Å²) in [6.45, 7) is 1.76. The van der Waals surface area contributed by atoms with E-state index < -0.39 is 0 Å². The third kappa shape index (κ3) is 2.74. The molecule has 0 fully saturated rings. The Morgan fingerprint density at radius 2 is 1.67 bits per heavy atom. The van der Waals surface area contributed by atoms with Crippen molar-refractivity contribution in [3.8, 4) is 0 Å². The van der Waals surface area contributed by atoms with Gasteiger partial charge >= 0.3 is 0 Å². The van der Waals surface area contributed by atoms with E-state index in [0.29, 0.717) is 11.1 Å². The highest BCUT2D eigenvalue weighted by Crippen LogP contribution is 2.16. The molecule has 0 aliphatic carbocycles. The van der Waals surface area contributed by atoms with Crippen molar-refractivity contribution in [2.75, 3.05) is 0 Å². The van der Waals surface area contributed by atoms with Gasteiger partial charge in [-0.1, -0.05) is 36.4 Å². The number of hydrogen-bond acceptors (Lipinski definition) is 1. The zero-order chi connectivity index (χ0) is 13.0. The Kier molecular flexibility index (Phi) is 3.72. The van der Waals surface area contributed by atoms with E-state index in [1.165, 1.54) is 6.07 Å². The molecule has 0 saturated heterocycles. The van der Waals surface area contributed by atoms with Crippen molar-refractivity contribution < 1.29 is 9.18 Å². The molecule has 1 unspecified atom stereocenters. The minimum absolute atomic E-state index is 0.202. The Balaban J connectivity index is 2.11. The predicted octanol–water partition coefficient (Wildman–Crippen LogP) is 3.32. The lowest BCUT2D eigenvalue weighted by molar-refractivity contribution is 0.0939. The van der Waals surface area contributed by atoms with Crippen LogP contribution < -0.4 is 5.32 Å². The molecule has 2 aromatic carbocycles. The van der Waals surface area contributed by atoms with Gasteiger partial charge in [0.05, 0.1) is 6.04 Å². The molecule has 1 amide bonds. The Labute approximate surface area is 105 Å². The van der Waals surface area contributed by atoms with Crippen LogP contribution in [-0.2, 0) is 0 Å². The Hall–Kier alpha value is -2.16.